The molecule has 8 heteroatoms. The van der Waals surface area contributed by atoms with E-state index in [1.807, 2.05) is 0 Å². The molecule has 0 saturated carbocycles. The molecule has 0 atom stereocenters. The number of aryl methyl sites for hydroxylation is 1. The lowest BCUT2D eigenvalue weighted by molar-refractivity contribution is -0.388. The average molecular weight is 280 g/mol. The van der Waals surface area contributed by atoms with E-state index >= 15 is 0 Å². The zero-order valence-corrected chi connectivity index (χ0v) is 11.2. The molecule has 0 radical (unpaired) electrons. The summed E-state index contributed by atoms with van der Waals surface area (Å²) in [7, 11) is 1.74. The van der Waals surface area contributed by atoms with Gasteiger partial charge in [-0.15, -0.1) is 0 Å². The third-order valence-electron chi connectivity index (χ3n) is 2.56. The standard InChI is InChI=1S/C11H12N4O3S/c1-7-3-9(15(17)18)10(12-4-7)19-11-13-5-8(6-16)14(11)2/h3-5,16H,6H2,1-2H3. The number of hydrogen-bond acceptors (Lipinski definition) is 6. The van der Waals surface area contributed by atoms with Gasteiger partial charge < -0.3 is 9.67 Å². The van der Waals surface area contributed by atoms with Crippen LogP contribution in [0.15, 0.2) is 28.6 Å². The molecule has 0 saturated heterocycles. The molecule has 19 heavy (non-hydrogen) atoms. The molecular weight excluding hydrogens is 268 g/mol. The molecule has 0 unspecified atom stereocenters. The first kappa shape index (κ1) is 13.5. The number of aliphatic hydroxyl groups is 1. The maximum absolute atomic E-state index is 11.0. The normalized spacial score (nSPS) is 10.7. The Morgan fingerprint density at radius 2 is 2.21 bits per heavy atom. The van der Waals surface area contributed by atoms with E-state index in [0.29, 0.717) is 10.9 Å². The summed E-state index contributed by atoms with van der Waals surface area (Å²) in [5.41, 5.74) is 1.32. The van der Waals surface area contributed by atoms with Gasteiger partial charge in [0.25, 0.3) is 0 Å². The first-order chi connectivity index (χ1) is 9.02. The van der Waals surface area contributed by atoms with Crippen molar-refractivity contribution in [1.29, 1.82) is 0 Å². The van der Waals surface area contributed by atoms with Crippen molar-refractivity contribution >= 4 is 17.4 Å². The predicted molar refractivity (Wildman–Crippen MR) is 68.9 cm³/mol. The number of nitrogens with zero attached hydrogens (tertiary/aromatic N) is 4. The highest BCUT2D eigenvalue weighted by atomic mass is 32.2. The van der Waals surface area contributed by atoms with E-state index in [2.05, 4.69) is 9.97 Å². The second kappa shape index (κ2) is 5.37. The molecule has 0 amide bonds. The van der Waals surface area contributed by atoms with Crippen molar-refractivity contribution in [2.24, 2.45) is 7.05 Å². The van der Waals surface area contributed by atoms with Gasteiger partial charge in [-0.25, -0.2) is 9.97 Å². The van der Waals surface area contributed by atoms with E-state index in [4.69, 9.17) is 5.11 Å². The quantitative estimate of drug-likeness (QED) is 0.676. The summed E-state index contributed by atoms with van der Waals surface area (Å²) in [6.45, 7) is 1.62. The van der Waals surface area contributed by atoms with Gasteiger partial charge in [-0.1, -0.05) is 0 Å². The molecule has 7 nitrogen and oxygen atoms in total. The van der Waals surface area contributed by atoms with Crippen LogP contribution in [-0.4, -0.2) is 24.6 Å². The van der Waals surface area contributed by atoms with Crippen LogP contribution < -0.4 is 0 Å². The first-order valence-electron chi connectivity index (χ1n) is 5.43. The average Bonchev–Trinajstić information content (AvgIpc) is 2.72. The van der Waals surface area contributed by atoms with Crippen molar-refractivity contribution in [2.45, 2.75) is 23.7 Å². The fourth-order valence-electron chi connectivity index (χ4n) is 1.50. The summed E-state index contributed by atoms with van der Waals surface area (Å²) in [6.07, 6.45) is 3.10. The van der Waals surface area contributed by atoms with E-state index in [-0.39, 0.29) is 17.3 Å². The molecule has 2 aromatic rings. The lowest BCUT2D eigenvalue weighted by atomic mass is 10.3. The Kier molecular flexibility index (Phi) is 3.82. The summed E-state index contributed by atoms with van der Waals surface area (Å²) in [5, 5.41) is 20.9. The molecule has 0 aliphatic carbocycles. The van der Waals surface area contributed by atoms with E-state index in [9.17, 15) is 10.1 Å². The molecule has 0 aliphatic rings. The molecule has 2 rings (SSSR count). The van der Waals surface area contributed by atoms with Crippen LogP contribution >= 0.6 is 11.8 Å². The van der Waals surface area contributed by atoms with Crippen LogP contribution in [0, 0.1) is 17.0 Å². The molecule has 0 aromatic carbocycles. The smallest absolute Gasteiger partial charge is 0.302 e. The highest BCUT2D eigenvalue weighted by Crippen LogP contribution is 2.32. The number of hydrogen-bond donors (Lipinski definition) is 1. The van der Waals surface area contributed by atoms with Crippen molar-refractivity contribution in [1.82, 2.24) is 14.5 Å². The molecule has 1 N–H and O–H groups in total. The SMILES string of the molecule is Cc1cnc(Sc2ncc(CO)n2C)c([N+](=O)[O-])c1. The van der Waals surface area contributed by atoms with Crippen LogP contribution in [0.5, 0.6) is 0 Å². The van der Waals surface area contributed by atoms with Gasteiger partial charge in [0.05, 0.1) is 23.4 Å². The summed E-state index contributed by atoms with van der Waals surface area (Å²) < 4.78 is 1.68. The van der Waals surface area contributed by atoms with Crippen molar-refractivity contribution in [3.63, 3.8) is 0 Å². The Labute approximate surface area is 113 Å². The number of imidazole rings is 1. The molecule has 100 valence electrons. The van der Waals surface area contributed by atoms with Gasteiger partial charge in [-0.3, -0.25) is 10.1 Å². The fourth-order valence-corrected chi connectivity index (χ4v) is 2.38. The van der Waals surface area contributed by atoms with Gasteiger partial charge in [-0.2, -0.15) is 0 Å². The summed E-state index contributed by atoms with van der Waals surface area (Å²) in [6, 6.07) is 1.48. The Morgan fingerprint density at radius 1 is 1.47 bits per heavy atom. The minimum absolute atomic E-state index is 0.0430. The van der Waals surface area contributed by atoms with Gasteiger partial charge in [-0.05, 0) is 24.2 Å². The van der Waals surface area contributed by atoms with Crippen LogP contribution in [-0.2, 0) is 13.7 Å². The predicted octanol–water partition coefficient (Wildman–Crippen LogP) is 1.68. The zero-order chi connectivity index (χ0) is 14.0. The molecule has 0 bridgehead atoms. The minimum atomic E-state index is -0.460. The minimum Gasteiger partial charge on any atom is -0.390 e. The zero-order valence-electron chi connectivity index (χ0n) is 10.4. The van der Waals surface area contributed by atoms with Gasteiger partial charge in [0, 0.05) is 19.3 Å². The van der Waals surface area contributed by atoms with Crippen LogP contribution in [0.1, 0.15) is 11.3 Å². The third kappa shape index (κ3) is 2.74. The fraction of sp³-hybridized carbons (Fsp3) is 0.273. The van der Waals surface area contributed by atoms with Crippen molar-refractivity contribution in [3.05, 3.63) is 39.8 Å². The Balaban J connectivity index is 2.37. The monoisotopic (exact) mass is 280 g/mol. The highest BCUT2D eigenvalue weighted by Gasteiger charge is 2.19. The maximum Gasteiger partial charge on any atom is 0.302 e. The van der Waals surface area contributed by atoms with Crippen molar-refractivity contribution < 1.29 is 10.0 Å². The van der Waals surface area contributed by atoms with E-state index in [0.717, 1.165) is 17.3 Å². The van der Waals surface area contributed by atoms with Gasteiger partial charge in [0.2, 0.25) is 0 Å². The number of nitro groups is 1. The Morgan fingerprint density at radius 3 is 2.79 bits per heavy atom. The van der Waals surface area contributed by atoms with Crippen molar-refractivity contribution in [2.75, 3.05) is 0 Å². The molecule has 0 spiro atoms. The molecular formula is C11H12N4O3S. The van der Waals surface area contributed by atoms with Crippen molar-refractivity contribution in [3.8, 4) is 0 Å². The highest BCUT2D eigenvalue weighted by molar-refractivity contribution is 7.99. The van der Waals surface area contributed by atoms with Crippen LogP contribution in [0.3, 0.4) is 0 Å². The Bertz CT molecular complexity index is 626. The third-order valence-corrected chi connectivity index (χ3v) is 3.63. The topological polar surface area (TPSA) is 94.1 Å². The molecule has 0 fully saturated rings. The van der Waals surface area contributed by atoms with Crippen LogP contribution in [0.4, 0.5) is 5.69 Å². The van der Waals surface area contributed by atoms with E-state index in [1.54, 1.807) is 24.7 Å². The lowest BCUT2D eigenvalue weighted by Gasteiger charge is -2.04. The van der Waals surface area contributed by atoms with Crippen LogP contribution in [0.25, 0.3) is 0 Å². The summed E-state index contributed by atoms with van der Waals surface area (Å²) >= 11 is 1.10. The summed E-state index contributed by atoms with van der Waals surface area (Å²) in [4.78, 5) is 18.7. The molecule has 2 heterocycles. The van der Waals surface area contributed by atoms with Gasteiger partial charge in [0.1, 0.15) is 0 Å². The largest absolute Gasteiger partial charge is 0.390 e. The van der Waals surface area contributed by atoms with E-state index in [1.165, 1.54) is 12.3 Å². The van der Waals surface area contributed by atoms with Gasteiger partial charge in [0.15, 0.2) is 10.2 Å². The molecule has 2 aromatic heterocycles. The summed E-state index contributed by atoms with van der Waals surface area (Å²) in [5.74, 6) is 0. The Hall–Kier alpha value is -1.93. The first-order valence-corrected chi connectivity index (χ1v) is 6.25. The number of rotatable bonds is 4. The number of aliphatic hydroxyl groups excluding tert-OH is 1. The second-order valence-corrected chi connectivity index (χ2v) is 4.90. The number of aromatic nitrogens is 3. The van der Waals surface area contributed by atoms with E-state index < -0.39 is 4.92 Å². The maximum atomic E-state index is 11.0. The van der Waals surface area contributed by atoms with Crippen LogP contribution in [0.2, 0.25) is 0 Å². The number of pyridine rings is 1. The molecule has 0 aliphatic heterocycles. The van der Waals surface area contributed by atoms with Gasteiger partial charge >= 0.3 is 5.69 Å². The lowest BCUT2D eigenvalue weighted by Crippen LogP contribution is -1.99. The second-order valence-electron chi connectivity index (χ2n) is 3.95.